The number of nitrogens with zero attached hydrogens (tertiary/aromatic N) is 1. The second kappa shape index (κ2) is 7.59. The lowest BCUT2D eigenvalue weighted by molar-refractivity contribution is 0.102. The van der Waals surface area contributed by atoms with Crippen molar-refractivity contribution in [2.75, 3.05) is 30.9 Å². The number of amides is 1. The third-order valence-corrected chi connectivity index (χ3v) is 2.92. The SMILES string of the molecule is COCCNc1cncc(C(=O)Nc2ccc(F)c(F)c2F)c1. The summed E-state index contributed by atoms with van der Waals surface area (Å²) in [5.41, 5.74) is 0.253. The predicted octanol–water partition coefficient (Wildman–Crippen LogP) is 2.81. The number of hydrogen-bond acceptors (Lipinski definition) is 4. The van der Waals surface area contributed by atoms with Crippen molar-refractivity contribution in [3.63, 3.8) is 0 Å². The zero-order valence-electron chi connectivity index (χ0n) is 12.2. The maximum Gasteiger partial charge on any atom is 0.257 e. The van der Waals surface area contributed by atoms with Crippen LogP contribution in [0.4, 0.5) is 24.5 Å². The van der Waals surface area contributed by atoms with Crippen LogP contribution in [0.25, 0.3) is 0 Å². The monoisotopic (exact) mass is 325 g/mol. The second-order valence-electron chi connectivity index (χ2n) is 4.56. The van der Waals surface area contributed by atoms with Crippen LogP contribution < -0.4 is 10.6 Å². The Morgan fingerprint density at radius 3 is 2.74 bits per heavy atom. The number of aromatic nitrogens is 1. The zero-order chi connectivity index (χ0) is 16.8. The topological polar surface area (TPSA) is 63.2 Å². The number of ether oxygens (including phenoxy) is 1. The average Bonchev–Trinajstić information content (AvgIpc) is 2.56. The fourth-order valence-electron chi connectivity index (χ4n) is 1.78. The molecule has 0 atom stereocenters. The molecule has 0 fully saturated rings. The lowest BCUT2D eigenvalue weighted by Gasteiger charge is -2.09. The van der Waals surface area contributed by atoms with Crippen molar-refractivity contribution in [2.24, 2.45) is 0 Å². The predicted molar refractivity (Wildman–Crippen MR) is 78.9 cm³/mol. The number of rotatable bonds is 6. The number of nitrogens with one attached hydrogen (secondary N) is 2. The van der Waals surface area contributed by atoms with Gasteiger partial charge < -0.3 is 15.4 Å². The van der Waals surface area contributed by atoms with Gasteiger partial charge in [0.15, 0.2) is 17.5 Å². The molecule has 0 unspecified atom stereocenters. The molecule has 0 radical (unpaired) electrons. The number of hydrogen-bond donors (Lipinski definition) is 2. The summed E-state index contributed by atoms with van der Waals surface area (Å²) in [5.74, 6) is -5.12. The first-order valence-electron chi connectivity index (χ1n) is 6.65. The molecule has 23 heavy (non-hydrogen) atoms. The highest BCUT2D eigenvalue weighted by Gasteiger charge is 2.16. The van der Waals surface area contributed by atoms with Crippen molar-refractivity contribution >= 4 is 17.3 Å². The third kappa shape index (κ3) is 4.19. The van der Waals surface area contributed by atoms with Gasteiger partial charge in [0.25, 0.3) is 5.91 Å². The van der Waals surface area contributed by atoms with E-state index >= 15 is 0 Å². The number of benzene rings is 1. The highest BCUT2D eigenvalue weighted by Crippen LogP contribution is 2.20. The van der Waals surface area contributed by atoms with Crippen molar-refractivity contribution in [1.29, 1.82) is 0 Å². The Hall–Kier alpha value is -2.61. The molecule has 1 amide bonds. The van der Waals surface area contributed by atoms with Crippen LogP contribution in [0, 0.1) is 17.5 Å². The highest BCUT2D eigenvalue weighted by atomic mass is 19.2. The summed E-state index contributed by atoms with van der Waals surface area (Å²) in [6.07, 6.45) is 2.78. The Bertz CT molecular complexity index is 710. The van der Waals surface area contributed by atoms with E-state index in [2.05, 4.69) is 15.6 Å². The number of halogens is 3. The summed E-state index contributed by atoms with van der Waals surface area (Å²) in [6, 6.07) is 3.17. The van der Waals surface area contributed by atoms with Gasteiger partial charge >= 0.3 is 0 Å². The number of anilines is 2. The maximum atomic E-state index is 13.6. The van der Waals surface area contributed by atoms with Gasteiger partial charge in [0.05, 0.1) is 23.5 Å². The first-order valence-corrected chi connectivity index (χ1v) is 6.65. The molecule has 0 spiro atoms. The van der Waals surface area contributed by atoms with Gasteiger partial charge in [-0.3, -0.25) is 9.78 Å². The molecule has 0 saturated heterocycles. The van der Waals surface area contributed by atoms with Gasteiger partial charge in [-0.1, -0.05) is 0 Å². The number of carbonyl (C=O) groups is 1. The first-order chi connectivity index (χ1) is 11.0. The number of carbonyl (C=O) groups excluding carboxylic acids is 1. The summed E-state index contributed by atoms with van der Waals surface area (Å²) in [4.78, 5) is 15.9. The second-order valence-corrected chi connectivity index (χ2v) is 4.56. The van der Waals surface area contributed by atoms with Crippen LogP contribution in [0.5, 0.6) is 0 Å². The van der Waals surface area contributed by atoms with Crippen LogP contribution in [-0.2, 0) is 4.74 Å². The molecule has 1 aromatic carbocycles. The lowest BCUT2D eigenvalue weighted by atomic mass is 10.2. The molecule has 122 valence electrons. The molecule has 0 aliphatic heterocycles. The lowest BCUT2D eigenvalue weighted by Crippen LogP contribution is -2.15. The summed E-state index contributed by atoms with van der Waals surface area (Å²) in [7, 11) is 1.56. The van der Waals surface area contributed by atoms with Gasteiger partial charge in [-0.25, -0.2) is 13.2 Å². The molecule has 5 nitrogen and oxygen atoms in total. The fraction of sp³-hybridized carbons (Fsp3) is 0.200. The molecule has 2 rings (SSSR count). The molecule has 0 aliphatic carbocycles. The zero-order valence-corrected chi connectivity index (χ0v) is 12.2. The molecule has 0 bridgehead atoms. The van der Waals surface area contributed by atoms with E-state index in [9.17, 15) is 18.0 Å². The number of pyridine rings is 1. The van der Waals surface area contributed by atoms with E-state index in [-0.39, 0.29) is 5.56 Å². The van der Waals surface area contributed by atoms with Crippen molar-refractivity contribution in [2.45, 2.75) is 0 Å². The van der Waals surface area contributed by atoms with Crippen molar-refractivity contribution in [3.8, 4) is 0 Å². The van der Waals surface area contributed by atoms with E-state index in [4.69, 9.17) is 4.74 Å². The van der Waals surface area contributed by atoms with Gasteiger partial charge in [-0.15, -0.1) is 0 Å². The quantitative estimate of drug-likeness (QED) is 0.633. The minimum Gasteiger partial charge on any atom is -0.383 e. The standard InChI is InChI=1S/C15H14F3N3O2/c1-23-5-4-20-10-6-9(7-19-8-10)15(22)21-12-3-2-11(16)13(17)14(12)18/h2-3,6-8,20H,4-5H2,1H3,(H,21,22). The molecule has 0 aliphatic rings. The molecule has 1 aromatic heterocycles. The van der Waals surface area contributed by atoms with Gasteiger partial charge in [0.2, 0.25) is 0 Å². The van der Waals surface area contributed by atoms with Crippen LogP contribution in [0.1, 0.15) is 10.4 Å². The smallest absolute Gasteiger partial charge is 0.257 e. The third-order valence-electron chi connectivity index (χ3n) is 2.92. The van der Waals surface area contributed by atoms with E-state index in [0.29, 0.717) is 18.8 Å². The van der Waals surface area contributed by atoms with Gasteiger partial charge in [0.1, 0.15) is 0 Å². The molecule has 2 aromatic rings. The van der Waals surface area contributed by atoms with Gasteiger partial charge in [0, 0.05) is 26.0 Å². The molecule has 8 heteroatoms. The van der Waals surface area contributed by atoms with Crippen molar-refractivity contribution in [3.05, 3.63) is 53.6 Å². The summed E-state index contributed by atoms with van der Waals surface area (Å²) < 4.78 is 44.4. The minimum absolute atomic E-state index is 0.136. The van der Waals surface area contributed by atoms with Gasteiger partial charge in [-0.2, -0.15) is 0 Å². The largest absolute Gasteiger partial charge is 0.383 e. The molecular weight excluding hydrogens is 311 g/mol. The summed E-state index contributed by atoms with van der Waals surface area (Å²) in [5, 5.41) is 5.16. The van der Waals surface area contributed by atoms with E-state index < -0.39 is 29.0 Å². The van der Waals surface area contributed by atoms with Crippen LogP contribution in [0.3, 0.4) is 0 Å². The minimum atomic E-state index is -1.64. The van der Waals surface area contributed by atoms with E-state index in [1.165, 1.54) is 18.5 Å². The highest BCUT2D eigenvalue weighted by molar-refractivity contribution is 6.04. The molecular formula is C15H14F3N3O2. The Labute approximate surface area is 130 Å². The Balaban J connectivity index is 2.12. The molecule has 2 N–H and O–H groups in total. The van der Waals surface area contributed by atoms with Crippen LogP contribution in [-0.4, -0.2) is 31.2 Å². The van der Waals surface area contributed by atoms with Gasteiger partial charge in [-0.05, 0) is 18.2 Å². The first kappa shape index (κ1) is 16.8. The van der Waals surface area contributed by atoms with Crippen molar-refractivity contribution in [1.82, 2.24) is 4.98 Å². The Morgan fingerprint density at radius 1 is 1.22 bits per heavy atom. The van der Waals surface area contributed by atoms with E-state index in [0.717, 1.165) is 12.1 Å². The van der Waals surface area contributed by atoms with Crippen LogP contribution in [0.2, 0.25) is 0 Å². The van der Waals surface area contributed by atoms with Crippen molar-refractivity contribution < 1.29 is 22.7 Å². The Kier molecular flexibility index (Phi) is 5.53. The molecule has 1 heterocycles. The summed E-state index contributed by atoms with van der Waals surface area (Å²) in [6.45, 7) is 0.984. The van der Waals surface area contributed by atoms with Crippen LogP contribution >= 0.6 is 0 Å². The normalized spacial score (nSPS) is 10.4. The average molecular weight is 325 g/mol. The maximum absolute atomic E-state index is 13.6. The summed E-state index contributed by atoms with van der Waals surface area (Å²) >= 11 is 0. The van der Waals surface area contributed by atoms with Crippen LogP contribution in [0.15, 0.2) is 30.6 Å². The fourth-order valence-corrected chi connectivity index (χ4v) is 1.78. The van der Waals surface area contributed by atoms with E-state index in [1.807, 2.05) is 0 Å². The number of methoxy groups -OCH3 is 1. The van der Waals surface area contributed by atoms with E-state index in [1.54, 1.807) is 7.11 Å². The Morgan fingerprint density at radius 2 is 2.00 bits per heavy atom. The molecule has 0 saturated carbocycles.